The van der Waals surface area contributed by atoms with Crippen molar-refractivity contribution in [3.8, 4) is 11.5 Å². The lowest BCUT2D eigenvalue weighted by Crippen LogP contribution is -2.34. The highest BCUT2D eigenvalue weighted by atomic mass is 79.9. The van der Waals surface area contributed by atoms with Crippen molar-refractivity contribution >= 4 is 38.3 Å². The zero-order valence-electron chi connectivity index (χ0n) is 13.6. The van der Waals surface area contributed by atoms with Crippen molar-refractivity contribution in [1.82, 2.24) is 9.97 Å². The van der Waals surface area contributed by atoms with Gasteiger partial charge in [0.2, 0.25) is 0 Å². The van der Waals surface area contributed by atoms with Crippen LogP contribution in [-0.2, 0) is 0 Å². The van der Waals surface area contributed by atoms with Gasteiger partial charge in [0.15, 0.2) is 17.3 Å². The Morgan fingerprint density at radius 1 is 1.08 bits per heavy atom. The van der Waals surface area contributed by atoms with Crippen LogP contribution in [0.5, 0.6) is 11.5 Å². The largest absolute Gasteiger partial charge is 0.483 e. The fraction of sp³-hybridized carbons (Fsp3) is 0.222. The van der Waals surface area contributed by atoms with E-state index < -0.39 is 0 Å². The van der Waals surface area contributed by atoms with Gasteiger partial charge in [-0.05, 0) is 48.0 Å². The predicted molar refractivity (Wildman–Crippen MR) is 97.1 cm³/mol. The topological polar surface area (TPSA) is 56.3 Å². The first-order valence-corrected chi connectivity index (χ1v) is 8.65. The fourth-order valence-corrected chi connectivity index (χ4v) is 3.03. The Labute approximate surface area is 152 Å². The smallest absolute Gasteiger partial charge is 0.164 e. The maximum atomic E-state index is 14.3. The first kappa shape index (κ1) is 16.1. The third-order valence-corrected chi connectivity index (χ3v) is 4.80. The second-order valence-corrected chi connectivity index (χ2v) is 6.77. The lowest BCUT2D eigenvalue weighted by atomic mass is 10.1. The molecule has 0 unspecified atom stereocenters. The van der Waals surface area contributed by atoms with Gasteiger partial charge in [-0.2, -0.15) is 0 Å². The third-order valence-electron chi connectivity index (χ3n) is 4.19. The number of nitrogens with one attached hydrogen (secondary N) is 1. The number of halogens is 2. The number of benzene rings is 2. The Bertz CT molecular complexity index is 966. The molecule has 0 saturated heterocycles. The Kier molecular flexibility index (Phi) is 3.95. The molecule has 0 bridgehead atoms. The van der Waals surface area contributed by atoms with E-state index in [9.17, 15) is 4.39 Å². The van der Waals surface area contributed by atoms with Gasteiger partial charge in [-0.3, -0.25) is 0 Å². The molecule has 128 valence electrons. The van der Waals surface area contributed by atoms with E-state index in [0.717, 1.165) is 5.39 Å². The minimum absolute atomic E-state index is 0.0415. The maximum Gasteiger partial charge on any atom is 0.164 e. The molecule has 4 rings (SSSR count). The van der Waals surface area contributed by atoms with Crippen LogP contribution in [-0.4, -0.2) is 22.2 Å². The molecular formula is C18H15BrFN3O2. The minimum atomic E-state index is -0.380. The molecule has 2 heterocycles. The fourth-order valence-electron chi connectivity index (χ4n) is 2.67. The quantitative estimate of drug-likeness (QED) is 0.664. The lowest BCUT2D eigenvalue weighted by molar-refractivity contribution is 0.0433. The van der Waals surface area contributed by atoms with Crippen LogP contribution in [0.1, 0.15) is 13.8 Å². The average Bonchev–Trinajstić information content (AvgIpc) is 2.59. The van der Waals surface area contributed by atoms with Crippen molar-refractivity contribution < 1.29 is 13.9 Å². The summed E-state index contributed by atoms with van der Waals surface area (Å²) >= 11 is 3.19. The van der Waals surface area contributed by atoms with Gasteiger partial charge in [0.05, 0.1) is 15.7 Å². The number of rotatable bonds is 2. The Morgan fingerprint density at radius 3 is 2.56 bits per heavy atom. The van der Waals surface area contributed by atoms with E-state index in [0.29, 0.717) is 33.0 Å². The molecular weight excluding hydrogens is 389 g/mol. The molecule has 25 heavy (non-hydrogen) atoms. The molecule has 0 amide bonds. The van der Waals surface area contributed by atoms with Crippen molar-refractivity contribution in [1.29, 1.82) is 0 Å². The molecule has 1 N–H and O–H groups in total. The van der Waals surface area contributed by atoms with Crippen LogP contribution >= 0.6 is 15.9 Å². The van der Waals surface area contributed by atoms with Crippen molar-refractivity contribution in [2.75, 3.05) is 5.32 Å². The summed E-state index contributed by atoms with van der Waals surface area (Å²) in [7, 11) is 0. The molecule has 0 saturated carbocycles. The first-order chi connectivity index (χ1) is 12.0. The molecule has 2 aromatic carbocycles. The van der Waals surface area contributed by atoms with Gasteiger partial charge in [0.25, 0.3) is 0 Å². The number of fused-ring (bicyclic) bond motifs is 2. The van der Waals surface area contributed by atoms with Gasteiger partial charge in [-0.1, -0.05) is 6.07 Å². The Morgan fingerprint density at radius 2 is 1.80 bits per heavy atom. The SMILES string of the molecule is C[C@@H]1Oc2cc3ncnc(Nc4cccc(Br)c4F)c3cc2O[C@H]1C. The molecule has 3 aromatic rings. The second-order valence-electron chi connectivity index (χ2n) is 5.91. The van der Waals surface area contributed by atoms with E-state index in [4.69, 9.17) is 9.47 Å². The van der Waals surface area contributed by atoms with Crippen molar-refractivity contribution in [2.45, 2.75) is 26.1 Å². The zero-order chi connectivity index (χ0) is 17.6. The standard InChI is InChI=1S/C18H15BrFN3O2/c1-9-10(2)25-16-7-14-11(6-15(16)24-9)18(22-8-21-14)23-13-5-3-4-12(19)17(13)20/h3-10H,1-2H3,(H,21,22,23)/t9-,10-/m0/s1. The van der Waals surface area contributed by atoms with Crippen LogP contribution in [0.25, 0.3) is 10.9 Å². The molecule has 1 aliphatic heterocycles. The van der Waals surface area contributed by atoms with Gasteiger partial charge in [-0.15, -0.1) is 0 Å². The summed E-state index contributed by atoms with van der Waals surface area (Å²) in [5, 5.41) is 3.76. The monoisotopic (exact) mass is 403 g/mol. The molecule has 2 atom stereocenters. The number of nitrogens with zero attached hydrogens (tertiary/aromatic N) is 2. The minimum Gasteiger partial charge on any atom is -0.483 e. The summed E-state index contributed by atoms with van der Waals surface area (Å²) < 4.78 is 26.4. The summed E-state index contributed by atoms with van der Waals surface area (Å²) in [4.78, 5) is 8.54. The number of hydrogen-bond acceptors (Lipinski definition) is 5. The van der Waals surface area contributed by atoms with Crippen molar-refractivity contribution in [3.05, 3.63) is 46.9 Å². The van der Waals surface area contributed by atoms with Crippen LogP contribution in [0.15, 0.2) is 41.1 Å². The van der Waals surface area contributed by atoms with E-state index >= 15 is 0 Å². The Hall–Kier alpha value is -2.41. The van der Waals surface area contributed by atoms with Crippen LogP contribution in [0, 0.1) is 5.82 Å². The number of ether oxygens (including phenoxy) is 2. The highest BCUT2D eigenvalue weighted by Crippen LogP contribution is 2.39. The van der Waals surface area contributed by atoms with E-state index in [1.165, 1.54) is 6.33 Å². The van der Waals surface area contributed by atoms with Gasteiger partial charge < -0.3 is 14.8 Å². The van der Waals surface area contributed by atoms with E-state index in [-0.39, 0.29) is 18.0 Å². The van der Waals surface area contributed by atoms with Gasteiger partial charge in [-0.25, -0.2) is 14.4 Å². The molecule has 1 aromatic heterocycles. The molecule has 5 nitrogen and oxygen atoms in total. The number of hydrogen-bond donors (Lipinski definition) is 1. The second kappa shape index (κ2) is 6.15. The molecule has 0 radical (unpaired) electrons. The summed E-state index contributed by atoms with van der Waals surface area (Å²) in [6.07, 6.45) is 1.33. The van der Waals surface area contributed by atoms with E-state index in [1.807, 2.05) is 26.0 Å². The third kappa shape index (κ3) is 2.89. The van der Waals surface area contributed by atoms with E-state index in [1.54, 1.807) is 18.2 Å². The van der Waals surface area contributed by atoms with Crippen molar-refractivity contribution in [3.63, 3.8) is 0 Å². The summed E-state index contributed by atoms with van der Waals surface area (Å²) in [6.45, 7) is 3.91. The van der Waals surface area contributed by atoms with Gasteiger partial charge in [0.1, 0.15) is 24.4 Å². The number of aromatic nitrogens is 2. The maximum absolute atomic E-state index is 14.3. The normalized spacial score (nSPS) is 19.0. The first-order valence-electron chi connectivity index (χ1n) is 7.86. The summed E-state index contributed by atoms with van der Waals surface area (Å²) in [5.41, 5.74) is 1.02. The molecule has 0 aliphatic carbocycles. The Balaban J connectivity index is 1.80. The highest BCUT2D eigenvalue weighted by Gasteiger charge is 2.25. The summed E-state index contributed by atoms with van der Waals surface area (Å²) in [6, 6.07) is 8.68. The van der Waals surface area contributed by atoms with Crippen LogP contribution in [0.3, 0.4) is 0 Å². The van der Waals surface area contributed by atoms with Gasteiger partial charge >= 0.3 is 0 Å². The number of anilines is 2. The highest BCUT2D eigenvalue weighted by molar-refractivity contribution is 9.10. The molecule has 0 spiro atoms. The molecule has 7 heteroatoms. The van der Waals surface area contributed by atoms with Crippen LogP contribution in [0.2, 0.25) is 0 Å². The van der Waals surface area contributed by atoms with Gasteiger partial charge in [0, 0.05) is 11.5 Å². The average molecular weight is 404 g/mol. The summed E-state index contributed by atoms with van der Waals surface area (Å²) in [5.74, 6) is 1.40. The van der Waals surface area contributed by atoms with Crippen LogP contribution in [0.4, 0.5) is 15.9 Å². The van der Waals surface area contributed by atoms with Crippen LogP contribution < -0.4 is 14.8 Å². The predicted octanol–water partition coefficient (Wildman–Crippen LogP) is 4.82. The lowest BCUT2D eigenvalue weighted by Gasteiger charge is -2.30. The zero-order valence-corrected chi connectivity index (χ0v) is 15.2. The molecule has 1 aliphatic rings. The van der Waals surface area contributed by atoms with Crippen molar-refractivity contribution in [2.24, 2.45) is 0 Å². The van der Waals surface area contributed by atoms with E-state index in [2.05, 4.69) is 31.2 Å². The molecule has 0 fully saturated rings.